The van der Waals surface area contributed by atoms with E-state index >= 15 is 0 Å². The quantitative estimate of drug-likeness (QED) is 0.830. The SMILES string of the molecule is Clc1cc(NC23CC4CC(CC(C4)C2)C3)ncn1. The lowest BCUT2D eigenvalue weighted by atomic mass is 9.53. The second-order valence-electron chi connectivity index (χ2n) is 6.55. The van der Waals surface area contributed by atoms with Gasteiger partial charge in [-0.05, 0) is 56.3 Å². The van der Waals surface area contributed by atoms with Crippen molar-refractivity contribution in [3.05, 3.63) is 17.5 Å². The molecule has 0 saturated heterocycles. The lowest BCUT2D eigenvalue weighted by Crippen LogP contribution is -2.54. The average molecular weight is 264 g/mol. The maximum Gasteiger partial charge on any atom is 0.134 e. The van der Waals surface area contributed by atoms with Crippen LogP contribution in [0.25, 0.3) is 0 Å². The summed E-state index contributed by atoms with van der Waals surface area (Å²) in [5.41, 5.74) is 0.298. The second-order valence-corrected chi connectivity index (χ2v) is 6.94. The maximum atomic E-state index is 5.94. The van der Waals surface area contributed by atoms with Gasteiger partial charge in [-0.3, -0.25) is 0 Å². The fourth-order valence-corrected chi connectivity index (χ4v) is 5.08. The first-order chi connectivity index (χ1) is 8.71. The van der Waals surface area contributed by atoms with E-state index < -0.39 is 0 Å². The Morgan fingerprint density at radius 1 is 1.06 bits per heavy atom. The van der Waals surface area contributed by atoms with Gasteiger partial charge in [0.05, 0.1) is 0 Å². The highest BCUT2D eigenvalue weighted by Crippen LogP contribution is 2.56. The predicted octanol–water partition coefficient (Wildman–Crippen LogP) is 3.51. The van der Waals surface area contributed by atoms with E-state index in [0.29, 0.717) is 10.7 Å². The van der Waals surface area contributed by atoms with Gasteiger partial charge in [-0.25, -0.2) is 9.97 Å². The van der Waals surface area contributed by atoms with Gasteiger partial charge in [0.2, 0.25) is 0 Å². The molecule has 1 N–H and O–H groups in total. The number of nitrogens with one attached hydrogen (secondary N) is 1. The van der Waals surface area contributed by atoms with Gasteiger partial charge >= 0.3 is 0 Å². The number of rotatable bonds is 2. The number of aromatic nitrogens is 2. The predicted molar refractivity (Wildman–Crippen MR) is 71.6 cm³/mol. The van der Waals surface area contributed by atoms with E-state index in [-0.39, 0.29) is 0 Å². The minimum Gasteiger partial charge on any atom is -0.364 e. The van der Waals surface area contributed by atoms with Crippen molar-refractivity contribution in [2.75, 3.05) is 5.32 Å². The Morgan fingerprint density at radius 2 is 1.67 bits per heavy atom. The van der Waals surface area contributed by atoms with Crippen LogP contribution < -0.4 is 5.32 Å². The Morgan fingerprint density at radius 3 is 2.22 bits per heavy atom. The lowest BCUT2D eigenvalue weighted by molar-refractivity contribution is 0.0105. The van der Waals surface area contributed by atoms with E-state index in [1.807, 2.05) is 6.07 Å². The third kappa shape index (κ3) is 1.80. The first kappa shape index (κ1) is 11.0. The molecule has 1 aromatic heterocycles. The van der Waals surface area contributed by atoms with Crippen LogP contribution in [0.1, 0.15) is 38.5 Å². The van der Waals surface area contributed by atoms with Crippen molar-refractivity contribution >= 4 is 17.4 Å². The first-order valence-electron chi connectivity index (χ1n) is 6.96. The van der Waals surface area contributed by atoms with E-state index in [9.17, 15) is 0 Å². The zero-order valence-electron chi connectivity index (χ0n) is 10.4. The number of anilines is 1. The van der Waals surface area contributed by atoms with E-state index in [2.05, 4.69) is 15.3 Å². The fraction of sp³-hybridized carbons (Fsp3) is 0.714. The molecule has 0 unspecified atom stereocenters. The Kier molecular flexibility index (Phi) is 2.35. The first-order valence-corrected chi connectivity index (χ1v) is 7.34. The number of nitrogens with zero attached hydrogens (tertiary/aromatic N) is 2. The molecule has 4 bridgehead atoms. The Bertz CT molecular complexity index is 439. The fourth-order valence-electron chi connectivity index (χ4n) is 4.94. The normalized spacial score (nSPS) is 41.1. The molecule has 5 rings (SSSR count). The van der Waals surface area contributed by atoms with Crippen LogP contribution in [0.2, 0.25) is 5.15 Å². The van der Waals surface area contributed by atoms with Crippen LogP contribution in [0.5, 0.6) is 0 Å². The summed E-state index contributed by atoms with van der Waals surface area (Å²) < 4.78 is 0. The summed E-state index contributed by atoms with van der Waals surface area (Å²) >= 11 is 5.94. The van der Waals surface area contributed by atoms with E-state index in [4.69, 9.17) is 11.6 Å². The van der Waals surface area contributed by atoms with Gasteiger partial charge in [0.25, 0.3) is 0 Å². The monoisotopic (exact) mass is 263 g/mol. The van der Waals surface area contributed by atoms with Crippen LogP contribution in [0.4, 0.5) is 5.82 Å². The molecular formula is C14H18ClN3. The second kappa shape index (κ2) is 3.83. The van der Waals surface area contributed by atoms with E-state index in [0.717, 1.165) is 23.6 Å². The highest BCUT2D eigenvalue weighted by molar-refractivity contribution is 6.29. The van der Waals surface area contributed by atoms with Gasteiger partial charge in [0, 0.05) is 11.6 Å². The molecule has 0 spiro atoms. The molecule has 0 aliphatic heterocycles. The summed E-state index contributed by atoms with van der Waals surface area (Å²) in [7, 11) is 0. The van der Waals surface area contributed by atoms with Crippen LogP contribution in [0.15, 0.2) is 12.4 Å². The molecule has 4 heteroatoms. The molecule has 1 aromatic rings. The van der Waals surface area contributed by atoms with Crippen molar-refractivity contribution < 1.29 is 0 Å². The van der Waals surface area contributed by atoms with Crippen molar-refractivity contribution in [3.8, 4) is 0 Å². The van der Waals surface area contributed by atoms with Crippen molar-refractivity contribution in [1.82, 2.24) is 9.97 Å². The molecule has 4 fully saturated rings. The van der Waals surface area contributed by atoms with Crippen LogP contribution in [-0.4, -0.2) is 15.5 Å². The Balaban J connectivity index is 1.60. The molecule has 0 amide bonds. The minimum atomic E-state index is 0.298. The third-order valence-corrected chi connectivity index (χ3v) is 5.27. The molecule has 96 valence electrons. The van der Waals surface area contributed by atoms with Gasteiger partial charge < -0.3 is 5.32 Å². The molecule has 0 aromatic carbocycles. The average Bonchev–Trinajstić information content (AvgIpc) is 2.25. The molecule has 18 heavy (non-hydrogen) atoms. The van der Waals surface area contributed by atoms with Gasteiger partial charge in [-0.1, -0.05) is 11.6 Å². The van der Waals surface area contributed by atoms with Crippen molar-refractivity contribution in [1.29, 1.82) is 0 Å². The molecule has 4 saturated carbocycles. The van der Waals surface area contributed by atoms with E-state index in [1.165, 1.54) is 38.5 Å². The van der Waals surface area contributed by atoms with E-state index in [1.54, 1.807) is 6.33 Å². The molecule has 4 aliphatic rings. The zero-order chi connectivity index (χ0) is 12.2. The summed E-state index contributed by atoms with van der Waals surface area (Å²) in [6, 6.07) is 1.85. The lowest BCUT2D eigenvalue weighted by Gasteiger charge is -2.57. The molecule has 0 radical (unpaired) electrons. The van der Waals surface area contributed by atoms with Gasteiger partial charge in [-0.2, -0.15) is 0 Å². The zero-order valence-corrected chi connectivity index (χ0v) is 11.2. The molecule has 1 heterocycles. The van der Waals surface area contributed by atoms with Crippen molar-refractivity contribution in [2.45, 2.75) is 44.1 Å². The summed E-state index contributed by atoms with van der Waals surface area (Å²) in [4.78, 5) is 8.26. The minimum absolute atomic E-state index is 0.298. The topological polar surface area (TPSA) is 37.8 Å². The number of halogens is 1. The number of hydrogen-bond acceptors (Lipinski definition) is 3. The standard InChI is InChI=1S/C14H18ClN3/c15-12-4-13(17-8-16-12)18-14-5-9-1-10(6-14)3-11(2-9)7-14/h4,8-11H,1-3,5-7H2,(H,16,17,18). The van der Waals surface area contributed by atoms with Gasteiger partial charge in [-0.15, -0.1) is 0 Å². The third-order valence-electron chi connectivity index (χ3n) is 5.07. The summed E-state index contributed by atoms with van der Waals surface area (Å²) in [6.45, 7) is 0. The summed E-state index contributed by atoms with van der Waals surface area (Å²) in [5, 5.41) is 4.22. The molecule has 3 nitrogen and oxygen atoms in total. The summed E-state index contributed by atoms with van der Waals surface area (Å²) in [5.74, 6) is 3.74. The van der Waals surface area contributed by atoms with Crippen molar-refractivity contribution in [2.24, 2.45) is 17.8 Å². The van der Waals surface area contributed by atoms with Gasteiger partial charge in [0.15, 0.2) is 0 Å². The molecular weight excluding hydrogens is 246 g/mol. The van der Waals surface area contributed by atoms with Crippen LogP contribution in [0.3, 0.4) is 0 Å². The molecule has 0 atom stereocenters. The largest absolute Gasteiger partial charge is 0.364 e. The number of hydrogen-bond donors (Lipinski definition) is 1. The van der Waals surface area contributed by atoms with Crippen LogP contribution >= 0.6 is 11.6 Å². The Labute approximate surface area is 112 Å². The highest BCUT2D eigenvalue weighted by Gasteiger charge is 2.51. The van der Waals surface area contributed by atoms with Crippen LogP contribution in [-0.2, 0) is 0 Å². The molecule has 4 aliphatic carbocycles. The Hall–Kier alpha value is -0.830. The maximum absolute atomic E-state index is 5.94. The van der Waals surface area contributed by atoms with Crippen molar-refractivity contribution in [3.63, 3.8) is 0 Å². The smallest absolute Gasteiger partial charge is 0.134 e. The van der Waals surface area contributed by atoms with Crippen LogP contribution in [0, 0.1) is 17.8 Å². The highest BCUT2D eigenvalue weighted by atomic mass is 35.5. The van der Waals surface area contributed by atoms with Gasteiger partial charge in [0.1, 0.15) is 17.3 Å². The summed E-state index contributed by atoms with van der Waals surface area (Å²) in [6.07, 6.45) is 9.90.